The molecular weight excluding hydrogens is 502 g/mol. The van der Waals surface area contributed by atoms with Crippen molar-refractivity contribution < 1.29 is 19.4 Å². The molecule has 7 heteroatoms. The highest BCUT2D eigenvalue weighted by Crippen LogP contribution is 2.36. The number of aliphatic carboxylic acids is 1. The first-order valence-electron chi connectivity index (χ1n) is 13.2. The zero-order valence-corrected chi connectivity index (χ0v) is 22.7. The Balaban J connectivity index is 1.53. The predicted molar refractivity (Wildman–Crippen MR) is 157 cm³/mol. The van der Waals surface area contributed by atoms with Gasteiger partial charge in [0.1, 0.15) is 5.75 Å². The molecule has 0 aliphatic rings. The lowest BCUT2D eigenvalue weighted by atomic mass is 9.99. The van der Waals surface area contributed by atoms with Crippen molar-refractivity contribution in [3.05, 3.63) is 108 Å². The van der Waals surface area contributed by atoms with Crippen LogP contribution in [0.25, 0.3) is 33.3 Å². The molecule has 1 aromatic heterocycles. The van der Waals surface area contributed by atoms with Crippen LogP contribution < -0.4 is 10.1 Å². The lowest BCUT2D eigenvalue weighted by Crippen LogP contribution is -2.26. The molecule has 0 saturated carbocycles. The molecule has 0 spiro atoms. The van der Waals surface area contributed by atoms with E-state index in [0.29, 0.717) is 5.56 Å². The predicted octanol–water partition coefficient (Wildman–Crippen LogP) is 6.50. The van der Waals surface area contributed by atoms with Crippen molar-refractivity contribution in [3.8, 4) is 28.3 Å². The number of hydrogen-bond acceptors (Lipinski definition) is 4. The Morgan fingerprint density at radius 1 is 0.925 bits per heavy atom. The monoisotopic (exact) mass is 533 g/mol. The van der Waals surface area contributed by atoms with Crippen LogP contribution in [0, 0.1) is 6.92 Å². The fourth-order valence-electron chi connectivity index (χ4n) is 4.95. The van der Waals surface area contributed by atoms with Crippen LogP contribution in [0.4, 0.5) is 0 Å². The van der Waals surface area contributed by atoms with E-state index in [1.165, 1.54) is 0 Å². The fraction of sp³-hybridized carbons (Fsp3) is 0.182. The molecular formula is C33H31N3O4. The van der Waals surface area contributed by atoms with Gasteiger partial charge in [-0.3, -0.25) is 14.3 Å². The average Bonchev–Trinajstić information content (AvgIpc) is 3.33. The van der Waals surface area contributed by atoms with Crippen LogP contribution in [-0.4, -0.2) is 40.4 Å². The van der Waals surface area contributed by atoms with Gasteiger partial charge in [-0.05, 0) is 60.5 Å². The number of carbonyl (C=O) groups is 2. The van der Waals surface area contributed by atoms with Crippen LogP contribution in [-0.2, 0) is 4.79 Å². The van der Waals surface area contributed by atoms with Crippen molar-refractivity contribution in [1.82, 2.24) is 15.1 Å². The maximum Gasteiger partial charge on any atom is 0.305 e. The van der Waals surface area contributed by atoms with Crippen LogP contribution in [0.3, 0.4) is 0 Å². The number of carbonyl (C=O) groups excluding carboxylic acids is 1. The van der Waals surface area contributed by atoms with E-state index in [1.54, 1.807) is 19.2 Å². The Morgan fingerprint density at radius 3 is 2.33 bits per heavy atom. The number of aromatic nitrogens is 2. The van der Waals surface area contributed by atoms with Crippen molar-refractivity contribution >= 4 is 22.6 Å². The van der Waals surface area contributed by atoms with Gasteiger partial charge in [0.25, 0.3) is 5.91 Å². The molecule has 0 aliphatic heterocycles. The third kappa shape index (κ3) is 5.45. The van der Waals surface area contributed by atoms with Crippen molar-refractivity contribution in [3.63, 3.8) is 0 Å². The van der Waals surface area contributed by atoms with Gasteiger partial charge in [-0.25, -0.2) is 0 Å². The minimum atomic E-state index is -0.948. The second-order valence-electron chi connectivity index (χ2n) is 9.76. The molecule has 0 saturated heterocycles. The number of nitrogens with zero attached hydrogens (tertiary/aromatic N) is 2. The summed E-state index contributed by atoms with van der Waals surface area (Å²) < 4.78 is 7.46. The van der Waals surface area contributed by atoms with E-state index in [9.17, 15) is 9.59 Å². The highest BCUT2D eigenvalue weighted by molar-refractivity contribution is 5.94. The number of carboxylic acid groups (broad SMARTS) is 1. The summed E-state index contributed by atoms with van der Waals surface area (Å²) in [6.07, 6.45) is -0.117. The molecule has 5 rings (SSSR count). The minimum Gasteiger partial charge on any atom is -0.497 e. The number of fused-ring (bicyclic) bond motifs is 1. The largest absolute Gasteiger partial charge is 0.497 e. The lowest BCUT2D eigenvalue weighted by Gasteiger charge is -2.18. The van der Waals surface area contributed by atoms with Crippen molar-refractivity contribution in [2.24, 2.45) is 0 Å². The van der Waals surface area contributed by atoms with Gasteiger partial charge in [0.15, 0.2) is 0 Å². The number of amides is 1. The number of methoxy groups -OCH3 is 1. The molecule has 1 amide bonds. The number of rotatable bonds is 9. The van der Waals surface area contributed by atoms with E-state index in [1.807, 2.05) is 42.5 Å². The number of ether oxygens (including phenoxy) is 1. The van der Waals surface area contributed by atoms with E-state index in [2.05, 4.69) is 60.2 Å². The van der Waals surface area contributed by atoms with Gasteiger partial charge in [0.2, 0.25) is 0 Å². The Hall–Kier alpha value is -4.91. The quantitative estimate of drug-likeness (QED) is 0.226. The second kappa shape index (κ2) is 11.5. The first-order valence-corrected chi connectivity index (χ1v) is 13.2. The molecule has 0 fully saturated rings. The molecule has 5 aromatic rings. The maximum atomic E-state index is 12.4. The van der Waals surface area contributed by atoms with Gasteiger partial charge in [0, 0.05) is 28.8 Å². The fourth-order valence-corrected chi connectivity index (χ4v) is 4.95. The molecule has 0 bridgehead atoms. The van der Waals surface area contributed by atoms with Gasteiger partial charge in [-0.2, -0.15) is 5.10 Å². The lowest BCUT2D eigenvalue weighted by molar-refractivity contribution is -0.136. The summed E-state index contributed by atoms with van der Waals surface area (Å²) in [5.74, 6) is -0.425. The molecule has 1 unspecified atom stereocenters. The van der Waals surface area contributed by atoms with E-state index in [0.717, 1.165) is 50.2 Å². The second-order valence-corrected chi connectivity index (χ2v) is 9.76. The normalized spacial score (nSPS) is 11.8. The standard InChI is InChI=1S/C33H31N3O4/c1-21-31(24-7-5-4-6-8-24)35-36(32(21)28-14-13-27-20-29(40-3)16-15-26(27)19-28)22(2)23-9-11-25(12-10-23)33(39)34-18-17-30(37)38/h4-16,19-20,22H,17-18H2,1-3H3,(H,34,39)(H,37,38). The summed E-state index contributed by atoms with van der Waals surface area (Å²) >= 11 is 0. The summed E-state index contributed by atoms with van der Waals surface area (Å²) in [5, 5.41) is 18.8. The van der Waals surface area contributed by atoms with E-state index >= 15 is 0 Å². The number of hydrogen-bond donors (Lipinski definition) is 2. The summed E-state index contributed by atoms with van der Waals surface area (Å²) in [7, 11) is 1.67. The van der Waals surface area contributed by atoms with Crippen LogP contribution in [0.15, 0.2) is 91.0 Å². The Bertz CT molecular complexity index is 1670. The van der Waals surface area contributed by atoms with Crippen molar-refractivity contribution in [2.75, 3.05) is 13.7 Å². The highest BCUT2D eigenvalue weighted by atomic mass is 16.5. The molecule has 1 heterocycles. The van der Waals surface area contributed by atoms with Crippen LogP contribution in [0.1, 0.15) is 40.9 Å². The molecule has 4 aromatic carbocycles. The van der Waals surface area contributed by atoms with Crippen molar-refractivity contribution in [1.29, 1.82) is 0 Å². The molecule has 0 radical (unpaired) electrons. The smallest absolute Gasteiger partial charge is 0.305 e. The summed E-state index contributed by atoms with van der Waals surface area (Å²) in [6, 6.07) is 29.9. The SMILES string of the molecule is COc1ccc2cc(-c3c(C)c(-c4ccccc4)nn3C(C)c3ccc(C(=O)NCCC(=O)O)cc3)ccc2c1. The Morgan fingerprint density at radius 2 is 1.62 bits per heavy atom. The third-order valence-electron chi connectivity index (χ3n) is 7.16. The Kier molecular flexibility index (Phi) is 7.64. The highest BCUT2D eigenvalue weighted by Gasteiger charge is 2.22. The average molecular weight is 534 g/mol. The van der Waals surface area contributed by atoms with E-state index < -0.39 is 5.97 Å². The zero-order valence-electron chi connectivity index (χ0n) is 22.7. The third-order valence-corrected chi connectivity index (χ3v) is 7.16. The molecule has 2 N–H and O–H groups in total. The van der Waals surface area contributed by atoms with Gasteiger partial charge < -0.3 is 15.2 Å². The first-order chi connectivity index (χ1) is 19.4. The molecule has 1 atom stereocenters. The van der Waals surface area contributed by atoms with Crippen LogP contribution in [0.2, 0.25) is 0 Å². The van der Waals surface area contributed by atoms with E-state index in [4.69, 9.17) is 14.9 Å². The van der Waals surface area contributed by atoms with Crippen molar-refractivity contribution in [2.45, 2.75) is 26.3 Å². The van der Waals surface area contributed by atoms with Gasteiger partial charge in [0.05, 0.1) is 31.0 Å². The summed E-state index contributed by atoms with van der Waals surface area (Å²) in [4.78, 5) is 23.2. The summed E-state index contributed by atoms with van der Waals surface area (Å²) in [5.41, 5.74) is 6.62. The number of carboxylic acids is 1. The number of benzene rings is 4. The molecule has 40 heavy (non-hydrogen) atoms. The minimum absolute atomic E-state index is 0.0864. The number of nitrogens with one attached hydrogen (secondary N) is 1. The Labute approximate surface area is 233 Å². The summed E-state index contributed by atoms with van der Waals surface area (Å²) in [6.45, 7) is 4.29. The zero-order chi connectivity index (χ0) is 28.2. The first kappa shape index (κ1) is 26.7. The van der Waals surface area contributed by atoms with Gasteiger partial charge in [-0.1, -0.05) is 60.7 Å². The topological polar surface area (TPSA) is 93.5 Å². The van der Waals surface area contributed by atoms with Crippen LogP contribution in [0.5, 0.6) is 5.75 Å². The van der Waals surface area contributed by atoms with E-state index in [-0.39, 0.29) is 24.9 Å². The van der Waals surface area contributed by atoms with Gasteiger partial charge >= 0.3 is 5.97 Å². The molecule has 7 nitrogen and oxygen atoms in total. The molecule has 0 aliphatic carbocycles. The van der Waals surface area contributed by atoms with Gasteiger partial charge in [-0.15, -0.1) is 0 Å². The van der Waals surface area contributed by atoms with Crippen LogP contribution >= 0.6 is 0 Å². The molecule has 202 valence electrons. The maximum absolute atomic E-state index is 12.4.